The maximum Gasteiger partial charge on any atom is 0.248 e. The molecule has 1 aliphatic rings. The van der Waals surface area contributed by atoms with Gasteiger partial charge in [0, 0.05) is 31.3 Å². The van der Waals surface area contributed by atoms with E-state index in [1.165, 1.54) is 0 Å². The molecule has 1 saturated heterocycles. The van der Waals surface area contributed by atoms with E-state index in [1.54, 1.807) is 0 Å². The van der Waals surface area contributed by atoms with E-state index in [1.807, 2.05) is 0 Å². The summed E-state index contributed by atoms with van der Waals surface area (Å²) in [4.78, 5) is -1.13. The van der Waals surface area contributed by atoms with Crippen LogP contribution in [0.1, 0.15) is 6.42 Å². The SMILES string of the molecule is Cl.NC1CCN(S(=O)(=O)c2c(F)cc(F)cc2F)C1. The molecule has 0 aliphatic carbocycles. The summed E-state index contributed by atoms with van der Waals surface area (Å²) in [6.07, 6.45) is 0.420. The van der Waals surface area contributed by atoms with Crippen LogP contribution in [0.15, 0.2) is 17.0 Å². The Bertz CT molecular complexity index is 559. The normalized spacial score (nSPS) is 20.3. The fourth-order valence-corrected chi connectivity index (χ4v) is 3.48. The van der Waals surface area contributed by atoms with Crippen LogP contribution in [0.5, 0.6) is 0 Å². The quantitative estimate of drug-likeness (QED) is 0.893. The van der Waals surface area contributed by atoms with Gasteiger partial charge in [0.2, 0.25) is 10.0 Å². The predicted molar refractivity (Wildman–Crippen MR) is 64.9 cm³/mol. The number of hydrogen-bond donors (Lipinski definition) is 1. The van der Waals surface area contributed by atoms with E-state index in [0.717, 1.165) is 4.31 Å². The van der Waals surface area contributed by atoms with Crippen molar-refractivity contribution in [2.75, 3.05) is 13.1 Å². The van der Waals surface area contributed by atoms with Crippen molar-refractivity contribution in [3.63, 3.8) is 0 Å². The van der Waals surface area contributed by atoms with Gasteiger partial charge in [0.25, 0.3) is 0 Å². The predicted octanol–water partition coefficient (Wildman–Crippen LogP) is 1.25. The monoisotopic (exact) mass is 316 g/mol. The molecule has 9 heteroatoms. The maximum absolute atomic E-state index is 13.4. The lowest BCUT2D eigenvalue weighted by atomic mass is 10.3. The zero-order chi connectivity index (χ0) is 13.5. The third-order valence-electron chi connectivity index (χ3n) is 2.75. The van der Waals surface area contributed by atoms with Crippen molar-refractivity contribution in [2.45, 2.75) is 17.4 Å². The second kappa shape index (κ2) is 5.66. The first kappa shape index (κ1) is 16.2. The largest absolute Gasteiger partial charge is 0.326 e. The van der Waals surface area contributed by atoms with Crippen molar-refractivity contribution >= 4 is 22.4 Å². The molecule has 0 aromatic heterocycles. The Labute approximate surface area is 114 Å². The third-order valence-corrected chi connectivity index (χ3v) is 4.67. The molecule has 2 rings (SSSR count). The molecule has 0 bridgehead atoms. The fraction of sp³-hybridized carbons (Fsp3) is 0.400. The van der Waals surface area contributed by atoms with Gasteiger partial charge in [-0.2, -0.15) is 4.31 Å². The highest BCUT2D eigenvalue weighted by atomic mass is 35.5. The summed E-state index contributed by atoms with van der Waals surface area (Å²) in [5, 5.41) is 0. The first-order valence-corrected chi connectivity index (χ1v) is 6.66. The summed E-state index contributed by atoms with van der Waals surface area (Å²) in [6, 6.07) is 0.323. The molecule has 1 atom stereocenters. The van der Waals surface area contributed by atoms with Crippen LogP contribution in [-0.2, 0) is 10.0 Å². The number of halogens is 4. The molecule has 1 aliphatic heterocycles. The second-order valence-corrected chi connectivity index (χ2v) is 5.99. The van der Waals surface area contributed by atoms with E-state index in [2.05, 4.69) is 0 Å². The number of nitrogens with two attached hydrogens (primary N) is 1. The molecule has 1 heterocycles. The Hall–Kier alpha value is -0.830. The number of benzene rings is 1. The molecule has 0 radical (unpaired) electrons. The molecule has 1 aromatic carbocycles. The van der Waals surface area contributed by atoms with E-state index in [0.29, 0.717) is 18.6 Å². The number of nitrogens with zero attached hydrogens (tertiary/aromatic N) is 1. The third kappa shape index (κ3) is 3.02. The maximum atomic E-state index is 13.4. The lowest BCUT2D eigenvalue weighted by Gasteiger charge is -2.16. The van der Waals surface area contributed by atoms with Gasteiger partial charge in [-0.3, -0.25) is 0 Å². The average Bonchev–Trinajstić information content (AvgIpc) is 2.63. The molecule has 108 valence electrons. The topological polar surface area (TPSA) is 63.4 Å². The lowest BCUT2D eigenvalue weighted by Crippen LogP contribution is -2.33. The van der Waals surface area contributed by atoms with Gasteiger partial charge in [-0.1, -0.05) is 0 Å². The Kier molecular flexibility index (Phi) is 4.83. The molecule has 1 aromatic rings. The standard InChI is InChI=1S/C10H11F3N2O2S.ClH/c11-6-3-8(12)10(9(13)4-6)18(16,17)15-2-1-7(14)5-15;/h3-4,7H,1-2,5,14H2;1H. The first-order valence-electron chi connectivity index (χ1n) is 5.22. The zero-order valence-electron chi connectivity index (χ0n) is 9.64. The second-order valence-electron chi connectivity index (χ2n) is 4.11. The van der Waals surface area contributed by atoms with E-state index >= 15 is 0 Å². The van der Waals surface area contributed by atoms with Crippen molar-refractivity contribution in [1.82, 2.24) is 4.31 Å². The highest BCUT2D eigenvalue weighted by Gasteiger charge is 2.35. The summed E-state index contributed by atoms with van der Waals surface area (Å²) < 4.78 is 64.5. The molecule has 0 spiro atoms. The van der Waals surface area contributed by atoms with E-state index in [9.17, 15) is 21.6 Å². The van der Waals surface area contributed by atoms with Crippen molar-refractivity contribution in [1.29, 1.82) is 0 Å². The van der Waals surface area contributed by atoms with Crippen LogP contribution < -0.4 is 5.73 Å². The van der Waals surface area contributed by atoms with E-state index in [-0.39, 0.29) is 31.5 Å². The Morgan fingerprint density at radius 1 is 1.21 bits per heavy atom. The minimum atomic E-state index is -4.31. The highest BCUT2D eigenvalue weighted by Crippen LogP contribution is 2.26. The molecule has 19 heavy (non-hydrogen) atoms. The molecule has 1 fully saturated rings. The van der Waals surface area contributed by atoms with Gasteiger partial charge in [-0.05, 0) is 6.42 Å². The van der Waals surface area contributed by atoms with Crippen LogP contribution in [0, 0.1) is 17.5 Å². The average molecular weight is 317 g/mol. The number of hydrogen-bond acceptors (Lipinski definition) is 3. The van der Waals surface area contributed by atoms with Gasteiger partial charge in [-0.25, -0.2) is 21.6 Å². The molecular formula is C10H12ClF3N2O2S. The molecule has 0 saturated carbocycles. The Morgan fingerprint density at radius 2 is 1.74 bits per heavy atom. The van der Waals surface area contributed by atoms with Crippen LogP contribution in [0.3, 0.4) is 0 Å². The van der Waals surface area contributed by atoms with Gasteiger partial charge < -0.3 is 5.73 Å². The lowest BCUT2D eigenvalue weighted by molar-refractivity contribution is 0.447. The van der Waals surface area contributed by atoms with Crippen molar-refractivity contribution in [3.05, 3.63) is 29.6 Å². The number of rotatable bonds is 2. The fourth-order valence-electron chi connectivity index (χ4n) is 1.88. The smallest absolute Gasteiger partial charge is 0.248 e. The van der Waals surface area contributed by atoms with Crippen molar-refractivity contribution < 1.29 is 21.6 Å². The molecular weight excluding hydrogens is 305 g/mol. The molecule has 2 N–H and O–H groups in total. The summed E-state index contributed by atoms with van der Waals surface area (Å²) in [5.74, 6) is -4.04. The minimum absolute atomic E-state index is 0. The Morgan fingerprint density at radius 3 is 2.16 bits per heavy atom. The van der Waals surface area contributed by atoms with Gasteiger partial charge >= 0.3 is 0 Å². The summed E-state index contributed by atoms with van der Waals surface area (Å²) in [6.45, 7) is 0.0956. The van der Waals surface area contributed by atoms with Crippen LogP contribution in [0.4, 0.5) is 13.2 Å². The minimum Gasteiger partial charge on any atom is -0.326 e. The summed E-state index contributed by atoms with van der Waals surface area (Å²) in [7, 11) is -4.31. The van der Waals surface area contributed by atoms with Crippen LogP contribution >= 0.6 is 12.4 Å². The van der Waals surface area contributed by atoms with Crippen LogP contribution in [0.25, 0.3) is 0 Å². The van der Waals surface area contributed by atoms with Gasteiger partial charge in [0.1, 0.15) is 17.5 Å². The molecule has 0 amide bonds. The number of sulfonamides is 1. The molecule has 4 nitrogen and oxygen atoms in total. The molecule has 1 unspecified atom stereocenters. The van der Waals surface area contributed by atoms with E-state index in [4.69, 9.17) is 5.73 Å². The van der Waals surface area contributed by atoms with Crippen molar-refractivity contribution in [2.24, 2.45) is 5.73 Å². The van der Waals surface area contributed by atoms with Crippen molar-refractivity contribution in [3.8, 4) is 0 Å². The van der Waals surface area contributed by atoms with E-state index < -0.39 is 32.4 Å². The van der Waals surface area contributed by atoms with Gasteiger partial charge in [0.15, 0.2) is 4.90 Å². The van der Waals surface area contributed by atoms with Crippen LogP contribution in [0.2, 0.25) is 0 Å². The van der Waals surface area contributed by atoms with Gasteiger partial charge in [-0.15, -0.1) is 12.4 Å². The Balaban J connectivity index is 0.00000180. The highest BCUT2D eigenvalue weighted by molar-refractivity contribution is 7.89. The zero-order valence-corrected chi connectivity index (χ0v) is 11.3. The first-order chi connectivity index (χ1) is 8.32. The summed E-state index contributed by atoms with van der Waals surface area (Å²) >= 11 is 0. The summed E-state index contributed by atoms with van der Waals surface area (Å²) in [5.41, 5.74) is 5.55. The van der Waals surface area contributed by atoms with Crippen LogP contribution in [-0.4, -0.2) is 31.9 Å². The van der Waals surface area contributed by atoms with Gasteiger partial charge in [0.05, 0.1) is 0 Å².